The van der Waals surface area contributed by atoms with E-state index < -0.39 is 11.0 Å². The molecule has 3 nitrogen and oxygen atoms in total. The first kappa shape index (κ1) is 12.5. The summed E-state index contributed by atoms with van der Waals surface area (Å²) >= 11 is 0. The molecule has 0 bridgehead atoms. The molecule has 1 unspecified atom stereocenters. The molecule has 1 aromatic rings. The zero-order valence-corrected chi connectivity index (χ0v) is 10.9. The van der Waals surface area contributed by atoms with E-state index in [1.165, 1.54) is 12.8 Å². The second-order valence-corrected chi connectivity index (χ2v) is 5.79. The molecule has 0 amide bonds. The van der Waals surface area contributed by atoms with Gasteiger partial charge in [-0.05, 0) is 55.0 Å². The average molecular weight is 251 g/mol. The van der Waals surface area contributed by atoms with E-state index >= 15 is 0 Å². The van der Waals surface area contributed by atoms with Gasteiger partial charge in [0, 0.05) is 6.04 Å². The number of nitrogens with two attached hydrogens (primary N) is 2. The molecule has 1 aromatic carbocycles. The molecule has 2 atom stereocenters. The Kier molecular flexibility index (Phi) is 3.76. The summed E-state index contributed by atoms with van der Waals surface area (Å²) in [7, 11) is -1.79. The predicted molar refractivity (Wildman–Crippen MR) is 72.7 cm³/mol. The highest BCUT2D eigenvalue weighted by molar-refractivity contribution is 7.82. The Hall–Kier alpha value is -0.970. The number of rotatable bonds is 4. The van der Waals surface area contributed by atoms with Gasteiger partial charge in [-0.25, -0.2) is 0 Å². The van der Waals surface area contributed by atoms with Gasteiger partial charge in [-0.2, -0.15) is 0 Å². The molecule has 0 heterocycles. The van der Waals surface area contributed by atoms with Gasteiger partial charge >= 0.3 is 0 Å². The van der Waals surface area contributed by atoms with Crippen molar-refractivity contribution in [3.8, 4) is 0 Å². The molecule has 17 heavy (non-hydrogen) atoms. The summed E-state index contributed by atoms with van der Waals surface area (Å²) in [6, 6.07) is 5.55. The van der Waals surface area contributed by atoms with E-state index in [1.807, 2.05) is 25.1 Å². The molecule has 1 aliphatic carbocycles. The smallest absolute Gasteiger partial charge is 0.175 e. The Bertz CT molecular complexity index is 464. The second kappa shape index (κ2) is 5.12. The van der Waals surface area contributed by atoms with Crippen LogP contribution in [0, 0.1) is 5.92 Å². The lowest BCUT2D eigenvalue weighted by Crippen LogP contribution is -2.09. The summed E-state index contributed by atoms with van der Waals surface area (Å²) in [6.07, 6.45) is 6.92. The molecule has 1 fully saturated rings. The van der Waals surface area contributed by atoms with E-state index in [-0.39, 0.29) is 6.04 Å². The Labute approximate surface area is 104 Å². The fraction of sp³-hybridized carbons (Fsp3) is 0.385. The highest BCUT2D eigenvalue weighted by Gasteiger charge is 2.18. The number of thiol groups is 1. The first-order chi connectivity index (χ1) is 8.08. The van der Waals surface area contributed by atoms with Gasteiger partial charge in [0.1, 0.15) is 0 Å². The van der Waals surface area contributed by atoms with Gasteiger partial charge in [0.25, 0.3) is 0 Å². The summed E-state index contributed by atoms with van der Waals surface area (Å²) in [6.45, 7) is 1.93. The first-order valence-electron chi connectivity index (χ1n) is 5.87. The molecule has 4 heteroatoms. The number of hydrogen-bond donors (Lipinski definition) is 2. The quantitative estimate of drug-likeness (QED) is 0.635. The third kappa shape index (κ3) is 3.25. The van der Waals surface area contributed by atoms with Crippen molar-refractivity contribution in [3.05, 3.63) is 35.4 Å². The molecule has 92 valence electrons. The van der Waals surface area contributed by atoms with Crippen LogP contribution < -0.4 is 10.9 Å². The first-order valence-corrected chi connectivity index (χ1v) is 7.20. The van der Waals surface area contributed by atoms with Crippen molar-refractivity contribution in [3.63, 3.8) is 0 Å². The maximum Gasteiger partial charge on any atom is 0.175 e. The van der Waals surface area contributed by atoms with Gasteiger partial charge in [-0.3, -0.25) is 0 Å². The fourth-order valence-electron chi connectivity index (χ4n) is 1.77. The Morgan fingerprint density at radius 1 is 1.47 bits per heavy atom. The van der Waals surface area contributed by atoms with Crippen LogP contribution in [0.25, 0.3) is 6.08 Å². The molecule has 1 aliphatic rings. The summed E-state index contributed by atoms with van der Waals surface area (Å²) in [5.74, 6) is 0.738. The number of benzene rings is 1. The lowest BCUT2D eigenvalue weighted by Gasteiger charge is -2.09. The monoisotopic (exact) mass is 251 g/mol. The zero-order valence-electron chi connectivity index (χ0n) is 9.97. The van der Waals surface area contributed by atoms with Gasteiger partial charge in [0.05, 0.1) is 0 Å². The molecule has 0 radical (unpaired) electrons. The average Bonchev–Trinajstić information content (AvgIpc) is 3.09. The molecule has 0 spiro atoms. The van der Waals surface area contributed by atoms with E-state index in [4.69, 9.17) is 10.9 Å². The predicted octanol–water partition coefficient (Wildman–Crippen LogP) is 2.06. The minimum atomic E-state index is -1.79. The minimum Gasteiger partial charge on any atom is -0.324 e. The van der Waals surface area contributed by atoms with Crippen molar-refractivity contribution < 1.29 is 4.21 Å². The van der Waals surface area contributed by atoms with Gasteiger partial charge < -0.3 is 5.73 Å². The second-order valence-electron chi connectivity index (χ2n) is 4.62. The minimum absolute atomic E-state index is 0.0799. The van der Waals surface area contributed by atoms with Crippen LogP contribution in [0.2, 0.25) is 0 Å². The van der Waals surface area contributed by atoms with Crippen molar-refractivity contribution in [1.29, 1.82) is 0 Å². The lowest BCUT2D eigenvalue weighted by molar-refractivity contribution is 0.596. The Balaban J connectivity index is 2.33. The summed E-state index contributed by atoms with van der Waals surface area (Å²) in [5.41, 5.74) is 8.05. The van der Waals surface area contributed by atoms with Crippen molar-refractivity contribution in [2.75, 3.05) is 0 Å². The van der Waals surface area contributed by atoms with Crippen molar-refractivity contribution in [2.45, 2.75) is 30.7 Å². The van der Waals surface area contributed by atoms with Crippen LogP contribution in [0.4, 0.5) is 0 Å². The van der Waals surface area contributed by atoms with Crippen LogP contribution in [0.1, 0.15) is 36.9 Å². The highest BCUT2D eigenvalue weighted by atomic mass is 32.2. The van der Waals surface area contributed by atoms with E-state index in [9.17, 15) is 4.21 Å². The molecule has 1 saturated carbocycles. The maximum absolute atomic E-state index is 11.3. The van der Waals surface area contributed by atoms with E-state index in [1.54, 1.807) is 0 Å². The fourth-order valence-corrected chi connectivity index (χ4v) is 2.26. The Morgan fingerprint density at radius 3 is 2.71 bits per heavy atom. The maximum atomic E-state index is 11.3. The third-order valence-electron chi connectivity index (χ3n) is 2.99. The van der Waals surface area contributed by atoms with Crippen LogP contribution in [0.3, 0.4) is 0 Å². The highest BCUT2D eigenvalue weighted by Crippen LogP contribution is 2.31. The summed E-state index contributed by atoms with van der Waals surface area (Å²) in [4.78, 5) is 0.663. The molecule has 4 N–H and O–H groups in total. The molecule has 0 aliphatic heterocycles. The standard InChI is InChI=1S/C13H18N2OS/c1-9(14)13-8-12(17(15)16)7-6-11(13)5-4-10-2-3-10/h4-10H,2-3,14H2,1H3,(H2,15,16)/p+1/b5-4+/t9-,17?/m0/s1. The van der Waals surface area contributed by atoms with Gasteiger partial charge in [-0.15, -0.1) is 5.14 Å². The molecule has 0 aromatic heterocycles. The van der Waals surface area contributed by atoms with Crippen LogP contribution >= 0.6 is 0 Å². The summed E-state index contributed by atoms with van der Waals surface area (Å²) < 4.78 is 11.3. The third-order valence-corrected chi connectivity index (χ3v) is 3.77. The number of hydrogen-bond acceptors (Lipinski definition) is 2. The lowest BCUT2D eigenvalue weighted by atomic mass is 10.0. The molecular weight excluding hydrogens is 232 g/mol. The normalized spacial score (nSPS) is 19.5. The summed E-state index contributed by atoms with van der Waals surface area (Å²) in [5, 5.41) is 5.42. The largest absolute Gasteiger partial charge is 0.324 e. The van der Waals surface area contributed by atoms with Gasteiger partial charge in [0.15, 0.2) is 15.9 Å². The topological polar surface area (TPSA) is 69.1 Å². The molecule has 0 saturated heterocycles. The SMILES string of the molecule is C[C@H](N)c1cc([SH+](N)=O)ccc1/C=C/C1CC1. The van der Waals surface area contributed by atoms with Crippen LogP contribution in [-0.2, 0) is 15.2 Å². The van der Waals surface area contributed by atoms with Gasteiger partial charge in [-0.1, -0.05) is 16.4 Å². The van der Waals surface area contributed by atoms with Crippen molar-refractivity contribution in [2.24, 2.45) is 16.8 Å². The molecule has 2 rings (SSSR count). The van der Waals surface area contributed by atoms with Gasteiger partial charge in [0.2, 0.25) is 0 Å². The molecular formula is C13H19N2OS+. The van der Waals surface area contributed by atoms with Crippen LogP contribution in [0.15, 0.2) is 29.2 Å². The van der Waals surface area contributed by atoms with E-state index in [0.29, 0.717) is 4.90 Å². The van der Waals surface area contributed by atoms with E-state index in [2.05, 4.69) is 12.2 Å². The number of allylic oxidation sites excluding steroid dienone is 1. The van der Waals surface area contributed by atoms with Crippen molar-refractivity contribution in [1.82, 2.24) is 0 Å². The van der Waals surface area contributed by atoms with Crippen LogP contribution in [0.5, 0.6) is 0 Å². The zero-order chi connectivity index (χ0) is 12.4. The van der Waals surface area contributed by atoms with Crippen molar-refractivity contribution >= 4 is 17.1 Å². The van der Waals surface area contributed by atoms with Crippen LogP contribution in [-0.4, -0.2) is 0 Å². The Morgan fingerprint density at radius 2 is 2.18 bits per heavy atom. The van der Waals surface area contributed by atoms with E-state index in [0.717, 1.165) is 17.0 Å².